The molecule has 4 unspecified atom stereocenters. The van der Waals surface area contributed by atoms with Crippen LogP contribution < -0.4 is 11.1 Å². The van der Waals surface area contributed by atoms with Crippen LogP contribution in [0.5, 0.6) is 0 Å². The second kappa shape index (κ2) is 4.74. The third kappa shape index (κ3) is 2.76. The topological polar surface area (TPSA) is 55.1 Å². The van der Waals surface area contributed by atoms with Crippen molar-refractivity contribution in [1.29, 1.82) is 0 Å². The predicted molar refractivity (Wildman–Crippen MR) is 64.8 cm³/mol. The molecule has 2 rings (SSSR count). The number of hydrogen-bond donors (Lipinski definition) is 2. The summed E-state index contributed by atoms with van der Waals surface area (Å²) in [7, 11) is 0. The lowest BCUT2D eigenvalue weighted by molar-refractivity contribution is -0.122. The monoisotopic (exact) mass is 224 g/mol. The summed E-state index contributed by atoms with van der Waals surface area (Å²) in [6.45, 7) is 4.51. The summed E-state index contributed by atoms with van der Waals surface area (Å²) < 4.78 is 0. The lowest BCUT2D eigenvalue weighted by Crippen LogP contribution is -2.40. The summed E-state index contributed by atoms with van der Waals surface area (Å²) >= 11 is 0. The third-order valence-electron chi connectivity index (χ3n) is 4.46. The highest BCUT2D eigenvalue weighted by molar-refractivity contribution is 5.77. The first kappa shape index (κ1) is 11.9. The normalized spacial score (nSPS) is 36.1. The van der Waals surface area contributed by atoms with Gasteiger partial charge in [-0.25, -0.2) is 0 Å². The molecule has 1 amide bonds. The van der Waals surface area contributed by atoms with Gasteiger partial charge in [0.05, 0.1) is 0 Å². The Bertz CT molecular complexity index is 263. The summed E-state index contributed by atoms with van der Waals surface area (Å²) in [5, 5.41) is 3.15. The maximum Gasteiger partial charge on any atom is 0.221 e. The standard InChI is InChI=1S/C13H24N2O/c1-8-3-6-12(9(8)2)15-13(16)7-11(14)10-4-5-10/h8-12H,3-7,14H2,1-2H3,(H,15,16). The van der Waals surface area contributed by atoms with E-state index in [0.29, 0.717) is 24.3 Å². The largest absolute Gasteiger partial charge is 0.353 e. The van der Waals surface area contributed by atoms with Crippen LogP contribution in [0.3, 0.4) is 0 Å². The molecule has 2 saturated carbocycles. The van der Waals surface area contributed by atoms with E-state index in [1.165, 1.54) is 19.3 Å². The van der Waals surface area contributed by atoms with Gasteiger partial charge in [0.15, 0.2) is 0 Å². The van der Waals surface area contributed by atoms with Crippen molar-refractivity contribution in [2.75, 3.05) is 0 Å². The van der Waals surface area contributed by atoms with Crippen LogP contribution in [0.25, 0.3) is 0 Å². The maximum atomic E-state index is 11.8. The molecular formula is C13H24N2O. The number of nitrogens with two attached hydrogens (primary N) is 1. The minimum absolute atomic E-state index is 0.0918. The Morgan fingerprint density at radius 3 is 2.50 bits per heavy atom. The van der Waals surface area contributed by atoms with Crippen molar-refractivity contribution in [3.63, 3.8) is 0 Å². The molecule has 0 aromatic rings. The Labute approximate surface area is 98.2 Å². The number of rotatable bonds is 4. The Kier molecular flexibility index (Phi) is 3.53. The highest BCUT2D eigenvalue weighted by Gasteiger charge is 2.33. The van der Waals surface area contributed by atoms with Crippen LogP contribution in [0.2, 0.25) is 0 Å². The molecule has 2 fully saturated rings. The predicted octanol–water partition coefficient (Wildman–Crippen LogP) is 1.66. The van der Waals surface area contributed by atoms with E-state index in [1.54, 1.807) is 0 Å². The molecule has 0 heterocycles. The molecule has 3 nitrogen and oxygen atoms in total. The molecule has 0 spiro atoms. The lowest BCUT2D eigenvalue weighted by Gasteiger charge is -2.20. The molecule has 0 aromatic carbocycles. The number of hydrogen-bond acceptors (Lipinski definition) is 2. The fourth-order valence-electron chi connectivity index (χ4n) is 2.74. The molecule has 0 saturated heterocycles. The molecule has 92 valence electrons. The van der Waals surface area contributed by atoms with Crippen molar-refractivity contribution in [3.8, 4) is 0 Å². The van der Waals surface area contributed by atoms with E-state index in [4.69, 9.17) is 5.73 Å². The molecular weight excluding hydrogens is 200 g/mol. The second-order valence-corrected chi connectivity index (χ2v) is 5.79. The van der Waals surface area contributed by atoms with Crippen molar-refractivity contribution < 1.29 is 4.79 Å². The second-order valence-electron chi connectivity index (χ2n) is 5.79. The van der Waals surface area contributed by atoms with Gasteiger partial charge in [0.2, 0.25) is 5.91 Å². The number of carbonyl (C=O) groups is 1. The quantitative estimate of drug-likeness (QED) is 0.763. The maximum absolute atomic E-state index is 11.8. The molecule has 0 aliphatic heterocycles. The van der Waals surface area contributed by atoms with Gasteiger partial charge in [0.25, 0.3) is 0 Å². The fraction of sp³-hybridized carbons (Fsp3) is 0.923. The minimum atomic E-state index is 0.0918. The van der Waals surface area contributed by atoms with Crippen LogP contribution in [0.15, 0.2) is 0 Å². The van der Waals surface area contributed by atoms with Crippen molar-refractivity contribution in [3.05, 3.63) is 0 Å². The molecule has 0 aromatic heterocycles. The molecule has 3 heteroatoms. The molecule has 4 atom stereocenters. The Morgan fingerprint density at radius 1 is 1.31 bits per heavy atom. The van der Waals surface area contributed by atoms with Gasteiger partial charge in [0.1, 0.15) is 0 Å². The van der Waals surface area contributed by atoms with Crippen molar-refractivity contribution >= 4 is 5.91 Å². The van der Waals surface area contributed by atoms with Gasteiger partial charge in [-0.1, -0.05) is 13.8 Å². The van der Waals surface area contributed by atoms with Crippen molar-refractivity contribution in [1.82, 2.24) is 5.32 Å². The highest BCUT2D eigenvalue weighted by Crippen LogP contribution is 2.33. The zero-order valence-corrected chi connectivity index (χ0v) is 10.4. The highest BCUT2D eigenvalue weighted by atomic mass is 16.1. The van der Waals surface area contributed by atoms with E-state index in [9.17, 15) is 4.79 Å². The van der Waals surface area contributed by atoms with Crippen molar-refractivity contribution in [2.45, 2.75) is 58.0 Å². The zero-order valence-electron chi connectivity index (χ0n) is 10.4. The molecule has 16 heavy (non-hydrogen) atoms. The van der Waals surface area contributed by atoms with E-state index in [1.807, 2.05) is 0 Å². The number of carbonyl (C=O) groups excluding carboxylic acids is 1. The number of nitrogens with one attached hydrogen (secondary N) is 1. The van der Waals surface area contributed by atoms with Gasteiger partial charge in [-0.05, 0) is 43.4 Å². The smallest absolute Gasteiger partial charge is 0.221 e. The van der Waals surface area contributed by atoms with E-state index in [0.717, 1.165) is 12.3 Å². The zero-order chi connectivity index (χ0) is 11.7. The SMILES string of the molecule is CC1CCC(NC(=O)CC(N)C2CC2)C1C. The first-order valence-corrected chi connectivity index (χ1v) is 6.63. The molecule has 0 bridgehead atoms. The summed E-state index contributed by atoms with van der Waals surface area (Å²) in [4.78, 5) is 11.8. The van der Waals surface area contributed by atoms with Gasteiger partial charge < -0.3 is 11.1 Å². The van der Waals surface area contributed by atoms with Gasteiger partial charge in [-0.15, -0.1) is 0 Å². The first-order valence-electron chi connectivity index (χ1n) is 6.63. The van der Waals surface area contributed by atoms with Gasteiger partial charge in [-0.2, -0.15) is 0 Å². The van der Waals surface area contributed by atoms with E-state index >= 15 is 0 Å². The summed E-state index contributed by atoms with van der Waals surface area (Å²) in [5.41, 5.74) is 5.96. The van der Waals surface area contributed by atoms with Crippen LogP contribution in [-0.2, 0) is 4.79 Å². The molecule has 0 radical (unpaired) electrons. The van der Waals surface area contributed by atoms with Crippen LogP contribution >= 0.6 is 0 Å². The Hall–Kier alpha value is -0.570. The van der Waals surface area contributed by atoms with E-state index in [-0.39, 0.29) is 11.9 Å². The van der Waals surface area contributed by atoms with Crippen LogP contribution in [-0.4, -0.2) is 18.0 Å². The first-order chi connectivity index (χ1) is 7.58. The Morgan fingerprint density at radius 2 is 2.00 bits per heavy atom. The Balaban J connectivity index is 1.74. The average Bonchev–Trinajstić information content (AvgIpc) is 3.02. The lowest BCUT2D eigenvalue weighted by atomic mass is 9.97. The van der Waals surface area contributed by atoms with E-state index < -0.39 is 0 Å². The van der Waals surface area contributed by atoms with Crippen LogP contribution in [0.4, 0.5) is 0 Å². The number of amides is 1. The van der Waals surface area contributed by atoms with Crippen LogP contribution in [0.1, 0.15) is 46.0 Å². The van der Waals surface area contributed by atoms with Crippen molar-refractivity contribution in [2.24, 2.45) is 23.5 Å². The van der Waals surface area contributed by atoms with Crippen LogP contribution in [0, 0.1) is 17.8 Å². The minimum Gasteiger partial charge on any atom is -0.353 e. The summed E-state index contributed by atoms with van der Waals surface area (Å²) in [6, 6.07) is 0.475. The summed E-state index contributed by atoms with van der Waals surface area (Å²) in [6.07, 6.45) is 5.31. The molecule has 2 aliphatic carbocycles. The van der Waals surface area contributed by atoms with E-state index in [2.05, 4.69) is 19.2 Å². The summed E-state index contributed by atoms with van der Waals surface area (Å²) in [5.74, 6) is 2.12. The van der Waals surface area contributed by atoms with Gasteiger partial charge in [-0.3, -0.25) is 4.79 Å². The fourth-order valence-corrected chi connectivity index (χ4v) is 2.74. The molecule has 2 aliphatic rings. The average molecular weight is 224 g/mol. The van der Waals surface area contributed by atoms with Gasteiger partial charge >= 0.3 is 0 Å². The molecule has 3 N–H and O–H groups in total. The third-order valence-corrected chi connectivity index (χ3v) is 4.46. The van der Waals surface area contributed by atoms with Gasteiger partial charge in [0, 0.05) is 18.5 Å².